The number of benzene rings is 2. The molecular weight excluding hydrogens is 380 g/mol. The van der Waals surface area contributed by atoms with E-state index in [0.717, 1.165) is 37.4 Å². The lowest BCUT2D eigenvalue weighted by Crippen LogP contribution is -2.39. The smallest absolute Gasteiger partial charge is 0.118 e. The van der Waals surface area contributed by atoms with Gasteiger partial charge < -0.3 is 30.3 Å². The molecule has 0 spiro atoms. The number of ether oxygens (including phenoxy) is 2. The first-order chi connectivity index (χ1) is 14.6. The fraction of sp³-hybridized carbons (Fsp3) is 0.500. The van der Waals surface area contributed by atoms with Gasteiger partial charge in [0.15, 0.2) is 0 Å². The summed E-state index contributed by atoms with van der Waals surface area (Å²) in [4.78, 5) is 0. The minimum Gasteiger partial charge on any atom is -0.497 e. The summed E-state index contributed by atoms with van der Waals surface area (Å²) in [5.41, 5.74) is 2.40. The van der Waals surface area contributed by atoms with Gasteiger partial charge in [-0.05, 0) is 61.3 Å². The highest BCUT2D eigenvalue weighted by molar-refractivity contribution is 5.31. The maximum absolute atomic E-state index is 9.86. The van der Waals surface area contributed by atoms with Gasteiger partial charge in [0.1, 0.15) is 11.5 Å². The van der Waals surface area contributed by atoms with Crippen molar-refractivity contribution in [2.75, 3.05) is 40.4 Å². The largest absolute Gasteiger partial charge is 0.497 e. The molecule has 0 aromatic heterocycles. The number of rotatable bonds is 4. The molecule has 0 amide bonds. The van der Waals surface area contributed by atoms with E-state index >= 15 is 0 Å². The summed E-state index contributed by atoms with van der Waals surface area (Å²) >= 11 is 0. The van der Waals surface area contributed by atoms with Gasteiger partial charge >= 0.3 is 0 Å². The zero-order chi connectivity index (χ0) is 21.3. The molecule has 0 saturated carbocycles. The lowest BCUT2D eigenvalue weighted by molar-refractivity contribution is 0.118. The van der Waals surface area contributed by atoms with Crippen molar-refractivity contribution in [3.63, 3.8) is 0 Å². The van der Waals surface area contributed by atoms with E-state index in [9.17, 15) is 10.2 Å². The van der Waals surface area contributed by atoms with Gasteiger partial charge in [0, 0.05) is 24.9 Å². The Hall–Kier alpha value is -2.12. The van der Waals surface area contributed by atoms with Crippen molar-refractivity contribution in [2.24, 2.45) is 0 Å². The molecule has 30 heavy (non-hydrogen) atoms. The van der Waals surface area contributed by atoms with E-state index in [1.54, 1.807) is 14.2 Å². The molecule has 0 radical (unpaired) electrons. The van der Waals surface area contributed by atoms with Crippen LogP contribution in [0.25, 0.3) is 0 Å². The Morgan fingerprint density at radius 3 is 1.33 bits per heavy atom. The summed E-state index contributed by atoms with van der Waals surface area (Å²) in [6, 6.07) is 16.0. The topological polar surface area (TPSA) is 83.0 Å². The van der Waals surface area contributed by atoms with Crippen LogP contribution in [0, 0.1) is 0 Å². The van der Waals surface area contributed by atoms with Crippen LogP contribution in [0.4, 0.5) is 0 Å². The van der Waals surface area contributed by atoms with Crippen LogP contribution in [0.2, 0.25) is 0 Å². The molecule has 6 heteroatoms. The number of hydrogen-bond acceptors (Lipinski definition) is 6. The van der Waals surface area contributed by atoms with E-state index in [0.29, 0.717) is 13.1 Å². The van der Waals surface area contributed by atoms with Crippen molar-refractivity contribution in [1.82, 2.24) is 10.6 Å². The van der Waals surface area contributed by atoms with Crippen LogP contribution in [0.1, 0.15) is 35.8 Å². The van der Waals surface area contributed by atoms with Gasteiger partial charge in [0.05, 0.1) is 26.4 Å². The highest BCUT2D eigenvalue weighted by atomic mass is 16.5. The molecule has 2 saturated heterocycles. The van der Waals surface area contributed by atoms with Crippen molar-refractivity contribution >= 4 is 0 Å². The Morgan fingerprint density at radius 2 is 1.03 bits per heavy atom. The van der Waals surface area contributed by atoms with Crippen molar-refractivity contribution in [3.05, 3.63) is 59.7 Å². The molecule has 2 aliphatic rings. The normalized spacial score (nSPS) is 26.3. The fourth-order valence-corrected chi connectivity index (χ4v) is 4.16. The van der Waals surface area contributed by atoms with Crippen molar-refractivity contribution < 1.29 is 19.7 Å². The van der Waals surface area contributed by atoms with E-state index in [1.165, 1.54) is 11.1 Å². The van der Waals surface area contributed by atoms with E-state index in [-0.39, 0.29) is 24.0 Å². The van der Waals surface area contributed by atoms with E-state index in [4.69, 9.17) is 9.47 Å². The van der Waals surface area contributed by atoms with Gasteiger partial charge in [-0.15, -0.1) is 0 Å². The molecule has 0 bridgehead atoms. The van der Waals surface area contributed by atoms with Crippen LogP contribution < -0.4 is 20.1 Å². The van der Waals surface area contributed by atoms with E-state index in [2.05, 4.69) is 10.6 Å². The molecule has 4 N–H and O–H groups in total. The number of aliphatic hydroxyl groups excluding tert-OH is 2. The van der Waals surface area contributed by atoms with Crippen LogP contribution >= 0.6 is 0 Å². The predicted molar refractivity (Wildman–Crippen MR) is 118 cm³/mol. The third-order valence-corrected chi connectivity index (χ3v) is 5.99. The van der Waals surface area contributed by atoms with Gasteiger partial charge in [-0.3, -0.25) is 0 Å². The molecule has 164 valence electrons. The van der Waals surface area contributed by atoms with Crippen LogP contribution in [0.5, 0.6) is 11.5 Å². The van der Waals surface area contributed by atoms with Crippen LogP contribution in [-0.2, 0) is 0 Å². The van der Waals surface area contributed by atoms with Crippen LogP contribution in [0.15, 0.2) is 48.5 Å². The number of β-amino-alcohol motifs (C(OH)–C–C–N with tert-alkyl or cyclic N) is 2. The molecule has 0 unspecified atom stereocenters. The summed E-state index contributed by atoms with van der Waals surface area (Å²) in [6.45, 7) is 3.34. The van der Waals surface area contributed by atoms with Crippen LogP contribution in [-0.4, -0.2) is 62.8 Å². The summed E-state index contributed by atoms with van der Waals surface area (Å²) in [5.74, 6) is 2.25. The number of methoxy groups -OCH3 is 2. The summed E-state index contributed by atoms with van der Waals surface area (Å²) in [7, 11) is 3.32. The van der Waals surface area contributed by atoms with Gasteiger partial charge in [0.2, 0.25) is 0 Å². The zero-order valence-corrected chi connectivity index (χ0v) is 17.9. The molecular formula is C24H34N2O4. The lowest BCUT2D eigenvalue weighted by Gasteiger charge is -2.28. The Kier molecular flexibility index (Phi) is 8.51. The average molecular weight is 415 g/mol. The Bertz CT molecular complexity index is 685. The van der Waals surface area contributed by atoms with Gasteiger partial charge in [-0.2, -0.15) is 0 Å². The second kappa shape index (κ2) is 11.3. The minimum atomic E-state index is -0.271. The first-order valence-electron chi connectivity index (χ1n) is 10.7. The highest BCUT2D eigenvalue weighted by Crippen LogP contribution is 2.28. The maximum atomic E-state index is 9.86. The molecule has 0 aliphatic carbocycles. The second-order valence-corrected chi connectivity index (χ2v) is 7.88. The molecule has 4 atom stereocenters. The number of hydrogen-bond donors (Lipinski definition) is 4. The van der Waals surface area contributed by atoms with Gasteiger partial charge in [0.25, 0.3) is 0 Å². The average Bonchev–Trinajstić information content (AvgIpc) is 2.80. The Labute approximate surface area is 179 Å². The van der Waals surface area contributed by atoms with Gasteiger partial charge in [-0.25, -0.2) is 0 Å². The summed E-state index contributed by atoms with van der Waals surface area (Å²) in [5, 5.41) is 26.1. The molecule has 6 nitrogen and oxygen atoms in total. The van der Waals surface area contributed by atoms with Crippen LogP contribution in [0.3, 0.4) is 0 Å². The van der Waals surface area contributed by atoms with Crippen molar-refractivity contribution in [2.45, 2.75) is 36.9 Å². The standard InChI is InChI=1S/2C12H17NO2/c2*1-15-10-4-2-9(3-5-10)11-6-7-13-8-12(11)14/h2*2-5,11-14H,6-8H2,1H3/t2*11-,12+/m10/s1. The molecule has 2 aliphatic heterocycles. The highest BCUT2D eigenvalue weighted by Gasteiger charge is 2.24. The third-order valence-electron chi connectivity index (χ3n) is 5.99. The van der Waals surface area contributed by atoms with Gasteiger partial charge in [-0.1, -0.05) is 24.3 Å². The second-order valence-electron chi connectivity index (χ2n) is 7.88. The SMILES string of the molecule is COc1ccc([C@@H]2CCNC[C@H]2O)cc1.COc1ccc([C@H]2CCNC[C@@H]2O)cc1. The Balaban J connectivity index is 0.000000171. The molecule has 2 aromatic carbocycles. The summed E-state index contributed by atoms with van der Waals surface area (Å²) < 4.78 is 10.2. The van der Waals surface area contributed by atoms with E-state index in [1.807, 2.05) is 48.5 Å². The number of nitrogens with one attached hydrogen (secondary N) is 2. The maximum Gasteiger partial charge on any atom is 0.118 e. The fourth-order valence-electron chi connectivity index (χ4n) is 4.16. The third kappa shape index (κ3) is 5.95. The first-order valence-corrected chi connectivity index (χ1v) is 10.7. The molecule has 2 fully saturated rings. The van der Waals surface area contributed by atoms with Crippen molar-refractivity contribution in [3.8, 4) is 11.5 Å². The summed E-state index contributed by atoms with van der Waals surface area (Å²) in [6.07, 6.45) is 1.44. The minimum absolute atomic E-state index is 0.261. The molecule has 2 aromatic rings. The first kappa shape index (κ1) is 22.6. The van der Waals surface area contributed by atoms with Crippen molar-refractivity contribution in [1.29, 1.82) is 0 Å². The molecule has 2 heterocycles. The monoisotopic (exact) mass is 414 g/mol. The zero-order valence-electron chi connectivity index (χ0n) is 17.9. The number of piperidine rings is 2. The van der Waals surface area contributed by atoms with E-state index < -0.39 is 0 Å². The quantitative estimate of drug-likeness (QED) is 0.614. The predicted octanol–water partition coefficient (Wildman–Crippen LogP) is 2.27. The molecule has 4 rings (SSSR count). The lowest BCUT2D eigenvalue weighted by atomic mass is 9.88. The Morgan fingerprint density at radius 1 is 0.667 bits per heavy atom. The number of aliphatic hydroxyl groups is 2.